The molecule has 1 N–H and O–H groups in total. The maximum absolute atomic E-state index is 11.3. The van der Waals surface area contributed by atoms with Crippen molar-refractivity contribution < 1.29 is 22.5 Å². The van der Waals surface area contributed by atoms with E-state index in [1.807, 2.05) is 5.48 Å². The van der Waals surface area contributed by atoms with Crippen molar-refractivity contribution in [3.8, 4) is 0 Å². The summed E-state index contributed by atoms with van der Waals surface area (Å²) in [7, 11) is -3.26. The molecule has 0 saturated heterocycles. The summed E-state index contributed by atoms with van der Waals surface area (Å²) in [5.41, 5.74) is 2.15. The maximum atomic E-state index is 11.3. The Balaban J connectivity index is 2.83. The Hall–Kier alpha value is -1.09. The van der Waals surface area contributed by atoms with E-state index in [-0.39, 0.29) is 10.5 Å². The van der Waals surface area contributed by atoms with Gasteiger partial charge in [0.2, 0.25) is 0 Å². The number of hydrogen-bond acceptors (Lipinski definition) is 6. The van der Waals surface area contributed by atoms with Crippen LogP contribution in [0.3, 0.4) is 0 Å². The van der Waals surface area contributed by atoms with E-state index < -0.39 is 15.7 Å². The smallest absolute Gasteiger partial charge is 0.267 e. The Kier molecular flexibility index (Phi) is 4.30. The SMILES string of the molecule is CS(=O)(=O)c1ccc(C(=O)NOOS)cc1. The van der Waals surface area contributed by atoms with Crippen LogP contribution in [0, 0.1) is 0 Å². The highest BCUT2D eigenvalue weighted by molar-refractivity contribution is 7.90. The molecule has 0 heterocycles. The molecule has 0 aliphatic rings. The highest BCUT2D eigenvalue weighted by atomic mass is 32.2. The number of thiol groups is 1. The molecule has 0 spiro atoms. The van der Waals surface area contributed by atoms with Gasteiger partial charge in [0.1, 0.15) is 0 Å². The zero-order valence-electron chi connectivity index (χ0n) is 8.21. The molecule has 0 bridgehead atoms. The molecule has 6 nitrogen and oxygen atoms in total. The van der Waals surface area contributed by atoms with Crippen molar-refractivity contribution in [2.24, 2.45) is 0 Å². The Morgan fingerprint density at radius 1 is 1.31 bits per heavy atom. The van der Waals surface area contributed by atoms with Gasteiger partial charge < -0.3 is 0 Å². The van der Waals surface area contributed by atoms with Gasteiger partial charge in [0, 0.05) is 24.7 Å². The van der Waals surface area contributed by atoms with Crippen molar-refractivity contribution in [2.75, 3.05) is 6.26 Å². The van der Waals surface area contributed by atoms with Gasteiger partial charge in [-0.25, -0.2) is 8.42 Å². The lowest BCUT2D eigenvalue weighted by Gasteiger charge is -2.02. The van der Waals surface area contributed by atoms with Gasteiger partial charge >= 0.3 is 0 Å². The molecule has 0 aromatic heterocycles. The quantitative estimate of drug-likeness (QED) is 0.358. The molecule has 8 heteroatoms. The van der Waals surface area contributed by atoms with Crippen LogP contribution in [-0.4, -0.2) is 20.6 Å². The predicted molar refractivity (Wildman–Crippen MR) is 58.2 cm³/mol. The summed E-state index contributed by atoms with van der Waals surface area (Å²) < 4.78 is 26.1. The van der Waals surface area contributed by atoms with Crippen LogP contribution in [0.1, 0.15) is 10.4 Å². The molecule has 0 fully saturated rings. The molecule has 0 radical (unpaired) electrons. The van der Waals surface area contributed by atoms with Crippen molar-refractivity contribution >= 4 is 28.7 Å². The fourth-order valence-corrected chi connectivity index (χ4v) is 1.64. The lowest BCUT2D eigenvalue weighted by Crippen LogP contribution is -2.22. The summed E-state index contributed by atoms with van der Waals surface area (Å²) in [6.45, 7) is 0. The first-order chi connectivity index (χ1) is 7.45. The van der Waals surface area contributed by atoms with Crippen LogP contribution in [0.5, 0.6) is 0 Å². The van der Waals surface area contributed by atoms with Crippen LogP contribution in [0.2, 0.25) is 0 Å². The second-order valence-corrected chi connectivity index (χ2v) is 5.05. The highest BCUT2D eigenvalue weighted by Crippen LogP contribution is 2.10. The number of benzene rings is 1. The van der Waals surface area contributed by atoms with Crippen LogP contribution >= 0.6 is 12.9 Å². The second-order valence-electron chi connectivity index (χ2n) is 2.89. The van der Waals surface area contributed by atoms with Gasteiger partial charge in [0.25, 0.3) is 5.91 Å². The van der Waals surface area contributed by atoms with Crippen LogP contribution in [-0.2, 0) is 19.2 Å². The molecule has 1 aromatic rings. The van der Waals surface area contributed by atoms with Gasteiger partial charge in [0.15, 0.2) is 9.84 Å². The third kappa shape index (κ3) is 3.49. The Morgan fingerprint density at radius 3 is 2.31 bits per heavy atom. The Bertz CT molecular complexity index is 468. The number of hydrogen-bond donors (Lipinski definition) is 2. The van der Waals surface area contributed by atoms with Crippen molar-refractivity contribution in [2.45, 2.75) is 4.90 Å². The molecule has 88 valence electrons. The van der Waals surface area contributed by atoms with Gasteiger partial charge in [-0.3, -0.25) is 4.79 Å². The molecule has 16 heavy (non-hydrogen) atoms. The first kappa shape index (κ1) is 13.0. The van der Waals surface area contributed by atoms with Crippen LogP contribution in [0.4, 0.5) is 0 Å². The van der Waals surface area contributed by atoms with Crippen molar-refractivity contribution in [1.29, 1.82) is 0 Å². The zero-order valence-corrected chi connectivity index (χ0v) is 9.92. The van der Waals surface area contributed by atoms with Gasteiger partial charge in [0.05, 0.1) is 4.90 Å². The number of amides is 1. The molecular weight excluding hydrogens is 254 g/mol. The molecule has 0 atom stereocenters. The molecule has 1 rings (SSSR count). The van der Waals surface area contributed by atoms with E-state index in [9.17, 15) is 13.2 Å². The van der Waals surface area contributed by atoms with E-state index in [4.69, 9.17) is 0 Å². The minimum absolute atomic E-state index is 0.135. The van der Waals surface area contributed by atoms with Crippen LogP contribution in [0.25, 0.3) is 0 Å². The largest absolute Gasteiger partial charge is 0.277 e. The van der Waals surface area contributed by atoms with E-state index in [0.29, 0.717) is 0 Å². The average molecular weight is 263 g/mol. The molecule has 0 saturated carbocycles. The fraction of sp³-hybridized carbons (Fsp3) is 0.125. The summed E-state index contributed by atoms with van der Waals surface area (Å²) in [6.07, 6.45) is 1.08. The molecule has 1 aromatic carbocycles. The van der Waals surface area contributed by atoms with Gasteiger partial charge in [-0.15, -0.1) is 4.33 Å². The van der Waals surface area contributed by atoms with E-state index in [2.05, 4.69) is 22.2 Å². The number of hydroxylamine groups is 1. The molecule has 0 aliphatic heterocycles. The lowest BCUT2D eigenvalue weighted by atomic mass is 10.2. The van der Waals surface area contributed by atoms with Crippen molar-refractivity contribution in [3.63, 3.8) is 0 Å². The van der Waals surface area contributed by atoms with E-state index in [1.165, 1.54) is 24.3 Å². The van der Waals surface area contributed by atoms with Crippen molar-refractivity contribution in [1.82, 2.24) is 5.48 Å². The van der Waals surface area contributed by atoms with Crippen molar-refractivity contribution in [3.05, 3.63) is 29.8 Å². The van der Waals surface area contributed by atoms with E-state index in [0.717, 1.165) is 6.26 Å². The van der Waals surface area contributed by atoms with E-state index >= 15 is 0 Å². The number of sulfone groups is 1. The molecule has 1 amide bonds. The zero-order chi connectivity index (χ0) is 12.2. The predicted octanol–water partition coefficient (Wildman–Crippen LogP) is 0.528. The second kappa shape index (κ2) is 5.30. The summed E-state index contributed by atoms with van der Waals surface area (Å²) in [5, 5.41) is 0. The van der Waals surface area contributed by atoms with Crippen LogP contribution < -0.4 is 5.48 Å². The van der Waals surface area contributed by atoms with Crippen LogP contribution in [0.15, 0.2) is 29.2 Å². The first-order valence-electron chi connectivity index (χ1n) is 4.02. The molecule has 0 unspecified atom stereocenters. The van der Waals surface area contributed by atoms with Gasteiger partial charge in [-0.2, -0.15) is 5.48 Å². The monoisotopic (exact) mass is 263 g/mol. The minimum Gasteiger partial charge on any atom is -0.267 e. The number of nitrogens with one attached hydrogen (secondary N) is 1. The summed E-state index contributed by atoms with van der Waals surface area (Å²) >= 11 is 3.25. The van der Waals surface area contributed by atoms with Gasteiger partial charge in [-0.05, 0) is 24.3 Å². The number of carbonyl (C=O) groups excluding carboxylic acids is 1. The molecule has 0 aliphatic carbocycles. The summed E-state index contributed by atoms with van der Waals surface area (Å²) in [6, 6.07) is 5.36. The number of rotatable bonds is 4. The normalized spacial score (nSPS) is 11.1. The maximum Gasteiger partial charge on any atom is 0.277 e. The van der Waals surface area contributed by atoms with E-state index in [1.54, 1.807) is 0 Å². The van der Waals surface area contributed by atoms with Gasteiger partial charge in [-0.1, -0.05) is 4.99 Å². The topological polar surface area (TPSA) is 81.7 Å². The number of carbonyl (C=O) groups is 1. The first-order valence-corrected chi connectivity index (χ1v) is 6.28. The third-order valence-corrected chi connectivity index (χ3v) is 2.92. The minimum atomic E-state index is -3.26. The highest BCUT2D eigenvalue weighted by Gasteiger charge is 2.09. The Morgan fingerprint density at radius 2 is 1.88 bits per heavy atom. The summed E-state index contributed by atoms with van der Waals surface area (Å²) in [5.74, 6) is -0.575. The standard InChI is InChI=1S/C8H9NO5S2/c1-16(11,12)7-4-2-6(3-5-7)8(10)9-13-14-15/h2-5,15H,1H3,(H,9,10). The fourth-order valence-electron chi connectivity index (χ4n) is 0.969. The summed E-state index contributed by atoms with van der Waals surface area (Å²) in [4.78, 5) is 15.5. The third-order valence-electron chi connectivity index (χ3n) is 1.72. The Labute approximate surface area is 98.0 Å². The molecular formula is C8H9NO5S2. The average Bonchev–Trinajstić information content (AvgIpc) is 2.25. The lowest BCUT2D eigenvalue weighted by molar-refractivity contribution is -0.227.